The molecule has 26 heavy (non-hydrogen) atoms. The van der Waals surface area contributed by atoms with Crippen LogP contribution in [0.5, 0.6) is 0 Å². The molecule has 1 amide bonds. The quantitative estimate of drug-likeness (QED) is 0.487. The number of allylic oxidation sites excluding steroid dienone is 1. The van der Waals surface area contributed by atoms with Crippen LogP contribution in [-0.4, -0.2) is 40.4 Å². The van der Waals surface area contributed by atoms with Gasteiger partial charge in [-0.1, -0.05) is 24.3 Å². The van der Waals surface area contributed by atoms with Gasteiger partial charge in [-0.2, -0.15) is 5.10 Å². The van der Waals surface area contributed by atoms with Crippen LogP contribution in [0.4, 0.5) is 4.79 Å². The average Bonchev–Trinajstić information content (AvgIpc) is 2.53. The number of nitrogens with zero attached hydrogens (tertiary/aromatic N) is 2. The molecule has 6 nitrogen and oxygen atoms in total. The van der Waals surface area contributed by atoms with Gasteiger partial charge in [0.25, 0.3) is 0 Å². The van der Waals surface area contributed by atoms with Crippen LogP contribution in [0.1, 0.15) is 51.2 Å². The van der Waals surface area contributed by atoms with E-state index in [-0.39, 0.29) is 17.1 Å². The molecular formula is C20H26N2O4. The maximum absolute atomic E-state index is 12.5. The number of benzene rings is 1. The van der Waals surface area contributed by atoms with E-state index in [9.17, 15) is 14.7 Å². The van der Waals surface area contributed by atoms with Crippen molar-refractivity contribution < 1.29 is 19.4 Å². The van der Waals surface area contributed by atoms with E-state index in [1.807, 2.05) is 19.1 Å². The first-order valence-electron chi connectivity index (χ1n) is 8.67. The van der Waals surface area contributed by atoms with Gasteiger partial charge in [0.1, 0.15) is 11.4 Å². The maximum Gasteiger partial charge on any atom is 0.430 e. The summed E-state index contributed by atoms with van der Waals surface area (Å²) in [5, 5.41) is 16.1. The molecule has 0 atom stereocenters. The second-order valence-corrected chi connectivity index (χ2v) is 7.37. The Morgan fingerprint density at radius 1 is 1.23 bits per heavy atom. The molecule has 1 aliphatic carbocycles. The minimum atomic E-state index is -0.643. The normalized spacial score (nSPS) is 18.7. The number of hydrogen-bond acceptors (Lipinski definition) is 5. The summed E-state index contributed by atoms with van der Waals surface area (Å²) < 4.78 is 5.28. The van der Waals surface area contributed by atoms with E-state index >= 15 is 0 Å². The Balaban J connectivity index is 2.42. The van der Waals surface area contributed by atoms with E-state index in [2.05, 4.69) is 5.10 Å². The minimum Gasteiger partial charge on any atom is -0.506 e. The van der Waals surface area contributed by atoms with E-state index in [0.29, 0.717) is 30.5 Å². The van der Waals surface area contributed by atoms with Gasteiger partial charge in [0.05, 0.1) is 11.3 Å². The number of rotatable bonds is 2. The van der Waals surface area contributed by atoms with Gasteiger partial charge >= 0.3 is 6.09 Å². The van der Waals surface area contributed by atoms with Crippen molar-refractivity contribution in [2.24, 2.45) is 5.10 Å². The molecule has 0 saturated heterocycles. The zero-order valence-electron chi connectivity index (χ0n) is 16.0. The van der Waals surface area contributed by atoms with E-state index in [4.69, 9.17) is 4.74 Å². The standard InChI is InChI=1S/C20H26N2O4/c1-13-9-6-7-10-14(13)18(24)17-15(11-8-12-16(17)23)21-22(5)19(25)26-20(2,3)4/h6-7,9-10,24H,8,11-12H2,1-5H3. The zero-order valence-corrected chi connectivity index (χ0v) is 16.0. The molecule has 0 heterocycles. The second kappa shape index (κ2) is 7.72. The number of carbonyl (C=O) groups is 2. The Labute approximate surface area is 154 Å². The first kappa shape index (κ1) is 19.7. The van der Waals surface area contributed by atoms with Crippen molar-refractivity contribution in [3.05, 3.63) is 41.0 Å². The molecule has 140 valence electrons. The van der Waals surface area contributed by atoms with Crippen LogP contribution in [0.15, 0.2) is 34.9 Å². The van der Waals surface area contributed by atoms with Gasteiger partial charge < -0.3 is 9.84 Å². The summed E-state index contributed by atoms with van der Waals surface area (Å²) in [6.07, 6.45) is 0.868. The summed E-state index contributed by atoms with van der Waals surface area (Å²) in [7, 11) is 1.47. The number of hydrogen-bond donors (Lipinski definition) is 1. The summed E-state index contributed by atoms with van der Waals surface area (Å²) in [6, 6.07) is 7.29. The minimum absolute atomic E-state index is 0.0934. The molecule has 1 aliphatic rings. The molecule has 1 fully saturated rings. The highest BCUT2D eigenvalue weighted by molar-refractivity contribution is 6.27. The van der Waals surface area contributed by atoms with Crippen molar-refractivity contribution in [1.82, 2.24) is 5.01 Å². The summed E-state index contributed by atoms with van der Waals surface area (Å²) in [4.78, 5) is 24.6. The van der Waals surface area contributed by atoms with Crippen LogP contribution in [0.2, 0.25) is 0 Å². The van der Waals surface area contributed by atoms with Crippen molar-refractivity contribution in [2.75, 3.05) is 7.05 Å². The number of aliphatic hydroxyl groups excluding tert-OH is 1. The Bertz CT molecular complexity index is 772. The largest absolute Gasteiger partial charge is 0.506 e. The fraction of sp³-hybridized carbons (Fsp3) is 0.450. The molecule has 0 aliphatic heterocycles. The Kier molecular flexibility index (Phi) is 5.85. The molecule has 0 aromatic heterocycles. The lowest BCUT2D eigenvalue weighted by molar-refractivity contribution is -0.115. The molecule has 1 N–H and O–H groups in total. The highest BCUT2D eigenvalue weighted by Crippen LogP contribution is 2.27. The number of Topliss-reactive ketones (excluding diaryl/α,β-unsaturated/α-hetero) is 1. The zero-order chi connectivity index (χ0) is 19.5. The van der Waals surface area contributed by atoms with Gasteiger partial charge in [-0.3, -0.25) is 4.79 Å². The van der Waals surface area contributed by atoms with Crippen molar-refractivity contribution in [1.29, 1.82) is 0 Å². The van der Waals surface area contributed by atoms with Crippen LogP contribution in [0.25, 0.3) is 5.76 Å². The van der Waals surface area contributed by atoms with Gasteiger partial charge in [-0.15, -0.1) is 0 Å². The Hall–Kier alpha value is -2.63. The van der Waals surface area contributed by atoms with E-state index in [1.54, 1.807) is 32.9 Å². The monoisotopic (exact) mass is 358 g/mol. The van der Waals surface area contributed by atoms with Gasteiger partial charge in [0.15, 0.2) is 5.78 Å². The Morgan fingerprint density at radius 3 is 2.50 bits per heavy atom. The van der Waals surface area contributed by atoms with E-state index < -0.39 is 11.7 Å². The summed E-state index contributed by atoms with van der Waals surface area (Å²) in [6.45, 7) is 7.17. The molecule has 2 rings (SSSR count). The van der Waals surface area contributed by atoms with Crippen LogP contribution >= 0.6 is 0 Å². The van der Waals surface area contributed by atoms with Crippen LogP contribution in [0, 0.1) is 6.92 Å². The Morgan fingerprint density at radius 2 is 1.88 bits per heavy atom. The molecule has 0 radical (unpaired) electrons. The van der Waals surface area contributed by atoms with Gasteiger partial charge in [-0.25, -0.2) is 9.80 Å². The molecule has 1 aromatic carbocycles. The number of carbonyl (C=O) groups excluding carboxylic acids is 2. The lowest BCUT2D eigenvalue weighted by Gasteiger charge is -2.24. The number of ketones is 1. The predicted molar refractivity (Wildman–Crippen MR) is 101 cm³/mol. The first-order valence-corrected chi connectivity index (χ1v) is 8.67. The third-order valence-corrected chi connectivity index (χ3v) is 3.95. The molecule has 6 heteroatoms. The lowest BCUT2D eigenvalue weighted by atomic mass is 9.88. The fourth-order valence-electron chi connectivity index (χ4n) is 2.72. The molecular weight excluding hydrogens is 332 g/mol. The first-order chi connectivity index (χ1) is 12.1. The molecule has 0 bridgehead atoms. The summed E-state index contributed by atoms with van der Waals surface area (Å²) in [5.41, 5.74) is 1.38. The maximum atomic E-state index is 12.5. The third-order valence-electron chi connectivity index (χ3n) is 3.95. The smallest absolute Gasteiger partial charge is 0.430 e. The fourth-order valence-corrected chi connectivity index (χ4v) is 2.72. The molecule has 0 spiro atoms. The molecule has 0 unspecified atom stereocenters. The summed E-state index contributed by atoms with van der Waals surface area (Å²) in [5.74, 6) is -0.266. The van der Waals surface area contributed by atoms with Crippen LogP contribution in [0.3, 0.4) is 0 Å². The highest BCUT2D eigenvalue weighted by atomic mass is 16.6. The number of hydrazone groups is 1. The van der Waals surface area contributed by atoms with Gasteiger partial charge in [0.2, 0.25) is 0 Å². The third kappa shape index (κ3) is 4.71. The van der Waals surface area contributed by atoms with Crippen LogP contribution in [-0.2, 0) is 9.53 Å². The topological polar surface area (TPSA) is 79.2 Å². The van der Waals surface area contributed by atoms with Crippen LogP contribution < -0.4 is 0 Å². The summed E-state index contributed by atoms with van der Waals surface area (Å²) >= 11 is 0. The SMILES string of the molecule is Cc1ccccc1C(O)=C1C(=O)CCCC1=NN(C)C(=O)OC(C)(C)C. The second-order valence-electron chi connectivity index (χ2n) is 7.37. The number of aryl methyl sites for hydroxylation is 1. The van der Waals surface area contributed by atoms with Crippen molar-refractivity contribution in [3.8, 4) is 0 Å². The molecule has 1 aromatic rings. The molecule has 1 saturated carbocycles. The predicted octanol–water partition coefficient (Wildman–Crippen LogP) is 4.24. The van der Waals surface area contributed by atoms with Crippen molar-refractivity contribution in [3.63, 3.8) is 0 Å². The highest BCUT2D eigenvalue weighted by Gasteiger charge is 2.28. The average molecular weight is 358 g/mol. The van der Waals surface area contributed by atoms with E-state index in [1.165, 1.54) is 7.05 Å². The lowest BCUT2D eigenvalue weighted by Crippen LogP contribution is -2.33. The van der Waals surface area contributed by atoms with Gasteiger partial charge in [-0.05, 0) is 46.1 Å². The number of amides is 1. The van der Waals surface area contributed by atoms with Gasteiger partial charge in [0, 0.05) is 19.0 Å². The van der Waals surface area contributed by atoms with E-state index in [0.717, 1.165) is 10.6 Å². The van der Waals surface area contributed by atoms with Crippen molar-refractivity contribution in [2.45, 2.75) is 52.6 Å². The van der Waals surface area contributed by atoms with Crippen molar-refractivity contribution >= 4 is 23.3 Å². The number of aliphatic hydroxyl groups is 1. The number of ether oxygens (including phenoxy) is 1.